The second kappa shape index (κ2) is 7.30. The summed E-state index contributed by atoms with van der Waals surface area (Å²) in [6.07, 6.45) is 8.22. The van der Waals surface area contributed by atoms with E-state index in [-0.39, 0.29) is 6.23 Å². The average Bonchev–Trinajstić information content (AvgIpc) is 2.73. The van der Waals surface area contributed by atoms with Crippen molar-refractivity contribution in [2.45, 2.75) is 51.6 Å². The van der Waals surface area contributed by atoms with Gasteiger partial charge in [-0.1, -0.05) is 67.7 Å². The van der Waals surface area contributed by atoms with Crippen molar-refractivity contribution in [1.29, 1.82) is 5.26 Å². The summed E-state index contributed by atoms with van der Waals surface area (Å²) in [7, 11) is -0.0298. The van der Waals surface area contributed by atoms with Crippen molar-refractivity contribution in [3.05, 3.63) is 65.4 Å². The van der Waals surface area contributed by atoms with Gasteiger partial charge in [0.15, 0.2) is 0 Å². The molecule has 3 aliphatic rings. The van der Waals surface area contributed by atoms with Gasteiger partial charge in [-0.2, -0.15) is 5.26 Å². The highest BCUT2D eigenvalue weighted by atomic mass is 28.3. The Kier molecular flexibility index (Phi) is 5.09. The maximum absolute atomic E-state index is 10.5. The van der Waals surface area contributed by atoms with E-state index in [1.54, 1.807) is 7.11 Å². The molecule has 0 saturated heterocycles. The van der Waals surface area contributed by atoms with E-state index in [0.717, 1.165) is 12.8 Å². The predicted molar refractivity (Wildman–Crippen MR) is 121 cm³/mol. The molecule has 2 unspecified atom stereocenters. The van der Waals surface area contributed by atoms with E-state index in [1.807, 2.05) is 6.08 Å². The van der Waals surface area contributed by atoms with Crippen LogP contribution in [0.3, 0.4) is 0 Å². The van der Waals surface area contributed by atoms with Gasteiger partial charge >= 0.3 is 0 Å². The van der Waals surface area contributed by atoms with E-state index in [2.05, 4.69) is 80.8 Å². The van der Waals surface area contributed by atoms with Crippen molar-refractivity contribution in [3.63, 3.8) is 0 Å². The molecule has 2 bridgehead atoms. The fourth-order valence-electron chi connectivity index (χ4n) is 6.55. The summed E-state index contributed by atoms with van der Waals surface area (Å²) in [4.78, 5) is 0. The van der Waals surface area contributed by atoms with Crippen LogP contribution in [0.2, 0.25) is 18.6 Å². The molecule has 152 valence electrons. The maximum Gasteiger partial charge on any atom is 0.146 e. The summed E-state index contributed by atoms with van der Waals surface area (Å²) < 4.78 is 5.55. The molecule has 4 heteroatoms. The summed E-state index contributed by atoms with van der Waals surface area (Å²) in [5.41, 5.74) is 3.82. The number of nitriles is 1. The van der Waals surface area contributed by atoms with E-state index in [9.17, 15) is 5.26 Å². The number of nitrogens with zero attached hydrogens (tertiary/aromatic N) is 1. The fraction of sp³-hybridized carbons (Fsp3) is 0.480. The topological polar surface area (TPSA) is 45.0 Å². The first kappa shape index (κ1) is 20.2. The molecule has 0 amide bonds. The normalized spacial score (nSPS) is 35.1. The van der Waals surface area contributed by atoms with Crippen LogP contribution in [0.1, 0.15) is 26.7 Å². The number of hydrogen-bond donors (Lipinski definition) is 1. The monoisotopic (exact) mass is 404 g/mol. The Morgan fingerprint density at radius 1 is 1.28 bits per heavy atom. The largest absolute Gasteiger partial charge is 0.360 e. The summed E-state index contributed by atoms with van der Waals surface area (Å²) >= 11 is 0. The summed E-state index contributed by atoms with van der Waals surface area (Å²) in [5.74, 6) is 0.911. The lowest BCUT2D eigenvalue weighted by molar-refractivity contribution is 0.113. The molecule has 0 spiro atoms. The Morgan fingerprint density at radius 3 is 2.62 bits per heavy atom. The highest BCUT2D eigenvalue weighted by molar-refractivity contribution is 6.91. The molecule has 0 radical (unpaired) electrons. The second-order valence-corrected chi connectivity index (χ2v) is 14.1. The minimum absolute atomic E-state index is 0.104. The molecular formula is C25H32N2OSi. The van der Waals surface area contributed by atoms with Gasteiger partial charge in [0.05, 0.1) is 14.1 Å². The number of ether oxygens (including phenoxy) is 1. The van der Waals surface area contributed by atoms with Gasteiger partial charge in [0.25, 0.3) is 0 Å². The molecule has 4 rings (SSSR count). The van der Waals surface area contributed by atoms with Crippen molar-refractivity contribution in [2.75, 3.05) is 7.11 Å². The van der Waals surface area contributed by atoms with Crippen LogP contribution in [0, 0.1) is 28.6 Å². The summed E-state index contributed by atoms with van der Waals surface area (Å²) in [6.45, 7) is 9.55. The minimum Gasteiger partial charge on any atom is -0.360 e. The molecule has 29 heavy (non-hydrogen) atoms. The number of allylic oxidation sites excluding steroid dienone is 5. The molecule has 3 nitrogen and oxygen atoms in total. The van der Waals surface area contributed by atoms with E-state index in [0.29, 0.717) is 17.4 Å². The zero-order chi connectivity index (χ0) is 20.8. The first-order valence-electron chi connectivity index (χ1n) is 10.7. The van der Waals surface area contributed by atoms with Crippen molar-refractivity contribution in [1.82, 2.24) is 5.32 Å². The van der Waals surface area contributed by atoms with Crippen molar-refractivity contribution < 1.29 is 4.74 Å². The number of dihydropyridines is 1. The van der Waals surface area contributed by atoms with Crippen LogP contribution >= 0.6 is 0 Å². The van der Waals surface area contributed by atoms with Crippen molar-refractivity contribution >= 4 is 13.3 Å². The molecule has 1 saturated carbocycles. The molecule has 5 atom stereocenters. The maximum atomic E-state index is 10.5. The Hall–Kier alpha value is -2.09. The molecule has 1 N–H and O–H groups in total. The van der Waals surface area contributed by atoms with Crippen LogP contribution < -0.4 is 10.5 Å². The van der Waals surface area contributed by atoms with Gasteiger partial charge in [-0.25, -0.2) is 0 Å². The van der Waals surface area contributed by atoms with Crippen LogP contribution in [-0.2, 0) is 4.74 Å². The first-order chi connectivity index (χ1) is 13.9. The molecule has 1 aliphatic heterocycles. The number of fused-ring (bicyclic) bond motifs is 3. The third-order valence-electron chi connectivity index (χ3n) is 7.64. The second-order valence-electron chi connectivity index (χ2n) is 9.42. The Labute approximate surface area is 176 Å². The SMILES string of the molecule is C/C=C1\[C@H]2CC3=C(C=CC(OC)N3)[C@]1(C#N)C[C@@H](C)C2[Si](C)(C)c1ccccc1. The Bertz CT molecular complexity index is 924. The molecule has 1 aromatic rings. The summed E-state index contributed by atoms with van der Waals surface area (Å²) in [6, 6.07) is 13.9. The van der Waals surface area contributed by atoms with Crippen LogP contribution in [0.25, 0.3) is 0 Å². The average molecular weight is 405 g/mol. The molecular weight excluding hydrogens is 372 g/mol. The fourth-order valence-corrected chi connectivity index (χ4v) is 10.8. The zero-order valence-corrected chi connectivity index (χ0v) is 19.2. The molecule has 1 aromatic carbocycles. The van der Waals surface area contributed by atoms with Gasteiger partial charge in [-0.05, 0) is 54.4 Å². The Morgan fingerprint density at radius 2 is 2.00 bits per heavy atom. The van der Waals surface area contributed by atoms with Crippen LogP contribution in [0.5, 0.6) is 0 Å². The number of hydrogen-bond acceptors (Lipinski definition) is 3. The van der Waals surface area contributed by atoms with Gasteiger partial charge < -0.3 is 10.1 Å². The number of nitrogens with one attached hydrogen (secondary N) is 1. The highest BCUT2D eigenvalue weighted by Gasteiger charge is 2.57. The van der Waals surface area contributed by atoms with Crippen LogP contribution in [0.15, 0.2) is 65.4 Å². The van der Waals surface area contributed by atoms with Crippen LogP contribution in [-0.4, -0.2) is 21.4 Å². The quantitative estimate of drug-likeness (QED) is 0.577. The minimum atomic E-state index is -1.76. The van der Waals surface area contributed by atoms with Crippen molar-refractivity contribution in [2.24, 2.45) is 17.3 Å². The van der Waals surface area contributed by atoms with Crippen molar-refractivity contribution in [3.8, 4) is 6.07 Å². The highest BCUT2D eigenvalue weighted by Crippen LogP contribution is 2.62. The smallest absolute Gasteiger partial charge is 0.146 e. The number of methoxy groups -OCH3 is 1. The van der Waals surface area contributed by atoms with E-state index >= 15 is 0 Å². The van der Waals surface area contributed by atoms with E-state index < -0.39 is 13.5 Å². The lowest BCUT2D eigenvalue weighted by Crippen LogP contribution is -2.57. The zero-order valence-electron chi connectivity index (χ0n) is 18.2. The Balaban J connectivity index is 1.84. The van der Waals surface area contributed by atoms with E-state index in [4.69, 9.17) is 4.74 Å². The van der Waals surface area contributed by atoms with Gasteiger partial charge in [0.2, 0.25) is 0 Å². The molecule has 2 aliphatic carbocycles. The van der Waals surface area contributed by atoms with Crippen LogP contribution in [0.4, 0.5) is 0 Å². The van der Waals surface area contributed by atoms with Gasteiger partial charge in [-0.3, -0.25) is 0 Å². The third kappa shape index (κ3) is 2.94. The van der Waals surface area contributed by atoms with Gasteiger partial charge in [0, 0.05) is 12.8 Å². The summed E-state index contributed by atoms with van der Waals surface area (Å²) in [5, 5.41) is 15.6. The van der Waals surface area contributed by atoms with E-state index in [1.165, 1.54) is 22.0 Å². The molecule has 1 heterocycles. The third-order valence-corrected chi connectivity index (χ3v) is 12.1. The predicted octanol–water partition coefficient (Wildman–Crippen LogP) is 4.87. The first-order valence-corrected chi connectivity index (χ1v) is 13.8. The molecule has 0 aromatic heterocycles. The van der Waals surface area contributed by atoms with Gasteiger partial charge in [-0.15, -0.1) is 0 Å². The van der Waals surface area contributed by atoms with Gasteiger partial charge in [0.1, 0.15) is 11.6 Å². The number of benzene rings is 1. The lowest BCUT2D eigenvalue weighted by atomic mass is 9.55. The lowest BCUT2D eigenvalue weighted by Gasteiger charge is -2.56. The number of rotatable bonds is 3. The standard InChI is InChI=1S/C25H32N2OSi/c1-6-20-19-14-22-21(12-13-23(27-22)28-3)25(20,16-26)15-17(2)24(19)29(4,5)18-10-8-7-9-11-18/h6-13,17,19,23-24,27H,14-15H2,1-5H3/b20-6+/t17-,19-,23?,24?,25+/m1/s1. The molecule has 1 fully saturated rings.